The van der Waals surface area contributed by atoms with Crippen LogP contribution in [0.4, 0.5) is 5.69 Å². The predicted molar refractivity (Wildman–Crippen MR) is 72.2 cm³/mol. The Kier molecular flexibility index (Phi) is 4.15. The van der Waals surface area contributed by atoms with E-state index in [2.05, 4.69) is 10.3 Å². The summed E-state index contributed by atoms with van der Waals surface area (Å²) >= 11 is 0. The lowest BCUT2D eigenvalue weighted by atomic mass is 10.3. The number of amides is 1. The smallest absolute Gasteiger partial charge is 0.273 e. The molecule has 0 saturated carbocycles. The van der Waals surface area contributed by atoms with Crippen LogP contribution in [0.1, 0.15) is 10.5 Å². The van der Waals surface area contributed by atoms with Crippen LogP contribution >= 0.6 is 0 Å². The molecular formula is C13H16N4O2. The minimum atomic E-state index is -0.198. The Bertz CT molecular complexity index is 548. The first kappa shape index (κ1) is 13.1. The van der Waals surface area contributed by atoms with Crippen LogP contribution in [0.15, 0.2) is 36.8 Å². The SMILES string of the molecule is Cn1cncc1C(=O)Nc1ccc(OCCN)cc1. The fraction of sp³-hybridized carbons (Fsp3) is 0.231. The number of ether oxygens (including phenoxy) is 1. The van der Waals surface area contributed by atoms with Crippen molar-refractivity contribution in [1.82, 2.24) is 9.55 Å². The van der Waals surface area contributed by atoms with Gasteiger partial charge in [-0.25, -0.2) is 4.98 Å². The molecule has 0 atom stereocenters. The maximum Gasteiger partial charge on any atom is 0.273 e. The van der Waals surface area contributed by atoms with Crippen molar-refractivity contribution in [2.24, 2.45) is 12.8 Å². The standard InChI is InChI=1S/C13H16N4O2/c1-17-9-15-8-12(17)13(18)16-10-2-4-11(5-3-10)19-7-6-14/h2-5,8-9H,6-7,14H2,1H3,(H,16,18). The Hall–Kier alpha value is -2.34. The Morgan fingerprint density at radius 3 is 2.74 bits per heavy atom. The summed E-state index contributed by atoms with van der Waals surface area (Å²) in [4.78, 5) is 15.8. The molecule has 2 rings (SSSR count). The topological polar surface area (TPSA) is 82.2 Å². The molecule has 1 amide bonds. The molecule has 0 fully saturated rings. The molecule has 0 spiro atoms. The van der Waals surface area contributed by atoms with Crippen LogP contribution in [-0.2, 0) is 7.05 Å². The Labute approximate surface area is 111 Å². The lowest BCUT2D eigenvalue weighted by Crippen LogP contribution is -2.15. The van der Waals surface area contributed by atoms with E-state index < -0.39 is 0 Å². The fourth-order valence-corrected chi connectivity index (χ4v) is 1.58. The second-order valence-electron chi connectivity index (χ2n) is 4.01. The van der Waals surface area contributed by atoms with Gasteiger partial charge in [-0.2, -0.15) is 0 Å². The maximum atomic E-state index is 11.9. The molecular weight excluding hydrogens is 244 g/mol. The second kappa shape index (κ2) is 6.01. The van der Waals surface area contributed by atoms with E-state index in [1.54, 1.807) is 42.2 Å². The van der Waals surface area contributed by atoms with E-state index in [9.17, 15) is 4.79 Å². The average Bonchev–Trinajstić information content (AvgIpc) is 2.84. The summed E-state index contributed by atoms with van der Waals surface area (Å²) in [6.07, 6.45) is 3.10. The lowest BCUT2D eigenvalue weighted by molar-refractivity contribution is 0.101. The molecule has 1 aromatic heterocycles. The van der Waals surface area contributed by atoms with Crippen molar-refractivity contribution in [3.8, 4) is 5.75 Å². The predicted octanol–water partition coefficient (Wildman–Crippen LogP) is 1.01. The van der Waals surface area contributed by atoms with E-state index in [0.29, 0.717) is 24.5 Å². The van der Waals surface area contributed by atoms with Crippen molar-refractivity contribution in [2.75, 3.05) is 18.5 Å². The van der Waals surface area contributed by atoms with Gasteiger partial charge < -0.3 is 20.4 Å². The molecule has 100 valence electrons. The first-order chi connectivity index (χ1) is 9.20. The molecule has 19 heavy (non-hydrogen) atoms. The monoisotopic (exact) mass is 260 g/mol. The summed E-state index contributed by atoms with van der Waals surface area (Å²) in [6, 6.07) is 7.13. The number of imidazole rings is 1. The molecule has 2 aromatic rings. The van der Waals surface area contributed by atoms with Crippen molar-refractivity contribution in [3.63, 3.8) is 0 Å². The maximum absolute atomic E-state index is 11.9. The molecule has 0 radical (unpaired) electrons. The van der Waals surface area contributed by atoms with E-state index >= 15 is 0 Å². The van der Waals surface area contributed by atoms with Gasteiger partial charge in [0.1, 0.15) is 18.1 Å². The Morgan fingerprint density at radius 2 is 2.16 bits per heavy atom. The van der Waals surface area contributed by atoms with Crippen LogP contribution in [-0.4, -0.2) is 28.6 Å². The van der Waals surface area contributed by atoms with Crippen molar-refractivity contribution < 1.29 is 9.53 Å². The molecule has 6 nitrogen and oxygen atoms in total. The van der Waals surface area contributed by atoms with Gasteiger partial charge in [-0.3, -0.25) is 4.79 Å². The van der Waals surface area contributed by atoms with Crippen LogP contribution in [0.2, 0.25) is 0 Å². The largest absolute Gasteiger partial charge is 0.492 e. The Balaban J connectivity index is 2.00. The minimum Gasteiger partial charge on any atom is -0.492 e. The van der Waals surface area contributed by atoms with Gasteiger partial charge in [0, 0.05) is 19.3 Å². The number of rotatable bonds is 5. The third-order valence-corrected chi connectivity index (χ3v) is 2.55. The molecule has 0 unspecified atom stereocenters. The average molecular weight is 260 g/mol. The van der Waals surface area contributed by atoms with Gasteiger partial charge in [-0.1, -0.05) is 0 Å². The number of anilines is 1. The first-order valence-corrected chi connectivity index (χ1v) is 5.91. The highest BCUT2D eigenvalue weighted by molar-refractivity contribution is 6.02. The number of hydrogen-bond acceptors (Lipinski definition) is 4. The number of nitrogens with zero attached hydrogens (tertiary/aromatic N) is 2. The molecule has 0 aliphatic heterocycles. The van der Waals surface area contributed by atoms with E-state index in [4.69, 9.17) is 10.5 Å². The number of aryl methyl sites for hydroxylation is 1. The van der Waals surface area contributed by atoms with Gasteiger partial charge in [0.05, 0.1) is 12.5 Å². The summed E-state index contributed by atoms with van der Waals surface area (Å²) < 4.78 is 7.02. The molecule has 6 heteroatoms. The number of benzene rings is 1. The van der Waals surface area contributed by atoms with Crippen molar-refractivity contribution >= 4 is 11.6 Å². The molecule has 0 aliphatic carbocycles. The zero-order valence-electron chi connectivity index (χ0n) is 10.7. The van der Waals surface area contributed by atoms with Gasteiger partial charge in [-0.05, 0) is 24.3 Å². The summed E-state index contributed by atoms with van der Waals surface area (Å²) in [5.74, 6) is 0.527. The molecule has 1 aromatic carbocycles. The first-order valence-electron chi connectivity index (χ1n) is 5.91. The number of nitrogens with one attached hydrogen (secondary N) is 1. The van der Waals surface area contributed by atoms with Crippen LogP contribution in [0.25, 0.3) is 0 Å². The molecule has 0 aliphatic rings. The number of hydrogen-bond donors (Lipinski definition) is 2. The lowest BCUT2D eigenvalue weighted by Gasteiger charge is -2.07. The highest BCUT2D eigenvalue weighted by Gasteiger charge is 2.09. The number of aromatic nitrogens is 2. The molecule has 1 heterocycles. The number of carbonyl (C=O) groups is 1. The second-order valence-corrected chi connectivity index (χ2v) is 4.01. The van der Waals surface area contributed by atoms with E-state index in [1.807, 2.05) is 0 Å². The zero-order valence-corrected chi connectivity index (χ0v) is 10.7. The minimum absolute atomic E-state index is 0.198. The Morgan fingerprint density at radius 1 is 1.42 bits per heavy atom. The van der Waals surface area contributed by atoms with E-state index in [-0.39, 0.29) is 5.91 Å². The highest BCUT2D eigenvalue weighted by Crippen LogP contribution is 2.16. The molecule has 3 N–H and O–H groups in total. The van der Waals surface area contributed by atoms with Crippen LogP contribution < -0.4 is 15.8 Å². The van der Waals surface area contributed by atoms with Gasteiger partial charge in [-0.15, -0.1) is 0 Å². The quantitative estimate of drug-likeness (QED) is 0.840. The fourth-order valence-electron chi connectivity index (χ4n) is 1.58. The van der Waals surface area contributed by atoms with Crippen LogP contribution in [0, 0.1) is 0 Å². The molecule has 0 saturated heterocycles. The number of nitrogens with two attached hydrogens (primary N) is 1. The van der Waals surface area contributed by atoms with Crippen molar-refractivity contribution in [1.29, 1.82) is 0 Å². The molecule has 0 bridgehead atoms. The van der Waals surface area contributed by atoms with Crippen molar-refractivity contribution in [3.05, 3.63) is 42.5 Å². The number of carbonyl (C=O) groups excluding carboxylic acids is 1. The van der Waals surface area contributed by atoms with Gasteiger partial charge in [0.15, 0.2) is 0 Å². The third kappa shape index (κ3) is 3.32. The zero-order chi connectivity index (χ0) is 13.7. The summed E-state index contributed by atoms with van der Waals surface area (Å²) in [6.45, 7) is 0.944. The third-order valence-electron chi connectivity index (χ3n) is 2.55. The van der Waals surface area contributed by atoms with Gasteiger partial charge in [0.25, 0.3) is 5.91 Å². The van der Waals surface area contributed by atoms with Crippen LogP contribution in [0.3, 0.4) is 0 Å². The van der Waals surface area contributed by atoms with Gasteiger partial charge >= 0.3 is 0 Å². The highest BCUT2D eigenvalue weighted by atomic mass is 16.5. The van der Waals surface area contributed by atoms with Gasteiger partial charge in [0.2, 0.25) is 0 Å². The summed E-state index contributed by atoms with van der Waals surface area (Å²) in [5, 5.41) is 2.79. The summed E-state index contributed by atoms with van der Waals surface area (Å²) in [5.41, 5.74) is 6.55. The summed E-state index contributed by atoms with van der Waals surface area (Å²) in [7, 11) is 1.77. The normalized spacial score (nSPS) is 10.2. The van der Waals surface area contributed by atoms with E-state index in [1.165, 1.54) is 6.20 Å². The van der Waals surface area contributed by atoms with Crippen LogP contribution in [0.5, 0.6) is 5.75 Å². The van der Waals surface area contributed by atoms with Crippen molar-refractivity contribution in [2.45, 2.75) is 0 Å². The van der Waals surface area contributed by atoms with E-state index in [0.717, 1.165) is 5.75 Å².